The van der Waals surface area contributed by atoms with Crippen LogP contribution in [0.3, 0.4) is 0 Å². The zero-order chi connectivity index (χ0) is 49.7. The number of benzene rings is 2. The Labute approximate surface area is 478 Å². The maximum absolute atomic E-state index is 12.1. The second-order valence-electron chi connectivity index (χ2n) is 16.5. The largest absolute Gasteiger partial charge is 1.00 e. The zero-order valence-electron chi connectivity index (χ0n) is 40.5. The molecule has 0 bridgehead atoms. The van der Waals surface area contributed by atoms with Gasteiger partial charge in [-0.2, -0.15) is 4.58 Å². The van der Waals surface area contributed by atoms with Crippen LogP contribution in [0.15, 0.2) is 94.4 Å². The molecular weight excluding hydrogens is 1030 g/mol. The van der Waals surface area contributed by atoms with Gasteiger partial charge < -0.3 is 42.4 Å². The van der Waals surface area contributed by atoms with Gasteiger partial charge in [-0.15, -0.1) is 0 Å². The summed E-state index contributed by atoms with van der Waals surface area (Å²) in [5.74, 6) is -2.30. The van der Waals surface area contributed by atoms with Crippen LogP contribution in [-0.2, 0) is 70.3 Å². The van der Waals surface area contributed by atoms with Crippen molar-refractivity contribution in [3.63, 3.8) is 0 Å². The molecular formula is C44H57N2Na3O17S4. The van der Waals surface area contributed by atoms with E-state index >= 15 is 0 Å². The molecule has 0 spiro atoms. The normalized spacial score (nSPS) is 18.9. The Balaban J connectivity index is 0.00000817. The number of allylic oxidation sites excluding steroid dienone is 8. The molecule has 0 saturated heterocycles. The van der Waals surface area contributed by atoms with Crippen molar-refractivity contribution in [2.45, 2.75) is 85.8 Å². The number of aliphatic carboxylic acids is 1. The fraction of sp³-hybridized carbons (Fsp3) is 0.500. The molecule has 0 aliphatic carbocycles. The van der Waals surface area contributed by atoms with E-state index < -0.39 is 78.6 Å². The average molecular weight is 1080 g/mol. The van der Waals surface area contributed by atoms with Crippen LogP contribution in [0.4, 0.5) is 11.4 Å². The molecule has 2 aliphatic rings. The first-order valence-corrected chi connectivity index (χ1v) is 27.4. The van der Waals surface area contributed by atoms with Crippen molar-refractivity contribution in [2.75, 3.05) is 69.6 Å². The van der Waals surface area contributed by atoms with E-state index in [1.807, 2.05) is 9.48 Å². The number of carboxylic acid groups (broad SMARTS) is 1. The summed E-state index contributed by atoms with van der Waals surface area (Å²) < 4.78 is 161. The SMILES string of the molecule is COCCOCCOCCN1/C(=C/C=C/C=C/C=C/C2=[N+](CCCCCC(=O)O)c3ccc(S(=O)(=O)[O-])cc3C2(C)CCCS(=O)(=O)[O-])C(C)(CCCS(=O)(=O)[O-])c2cc(S(=O)(=O)[O-])ccc21.[Na+].[Na+].[Na+]. The molecule has 26 heteroatoms. The number of unbranched alkanes of at least 4 members (excludes halogenated alkanes) is 2. The first kappa shape index (κ1) is 66.9. The summed E-state index contributed by atoms with van der Waals surface area (Å²) in [4.78, 5) is 12.0. The summed E-state index contributed by atoms with van der Waals surface area (Å²) in [7, 11) is -17.4. The summed E-state index contributed by atoms with van der Waals surface area (Å²) >= 11 is 0. The molecule has 4 rings (SSSR count). The van der Waals surface area contributed by atoms with E-state index in [0.29, 0.717) is 79.5 Å². The molecule has 2 aromatic rings. The minimum absolute atomic E-state index is 0. The number of anilines is 1. The van der Waals surface area contributed by atoms with Crippen molar-refractivity contribution in [1.82, 2.24) is 0 Å². The van der Waals surface area contributed by atoms with Crippen molar-refractivity contribution in [3.8, 4) is 0 Å². The molecule has 70 heavy (non-hydrogen) atoms. The Morgan fingerprint density at radius 2 is 1.20 bits per heavy atom. The third-order valence-corrected chi connectivity index (χ3v) is 14.9. The summed E-state index contributed by atoms with van der Waals surface area (Å²) in [6.45, 7) is 5.67. The van der Waals surface area contributed by atoms with Gasteiger partial charge in [-0.3, -0.25) is 4.79 Å². The van der Waals surface area contributed by atoms with E-state index in [9.17, 15) is 56.7 Å². The van der Waals surface area contributed by atoms with E-state index in [-0.39, 0.29) is 141 Å². The summed E-state index contributed by atoms with van der Waals surface area (Å²) in [5.41, 5.74) is 1.04. The molecule has 1 N–H and O–H groups in total. The van der Waals surface area contributed by atoms with Crippen molar-refractivity contribution < 1.29 is 169 Å². The molecule has 2 aromatic carbocycles. The van der Waals surface area contributed by atoms with Gasteiger partial charge in [0.2, 0.25) is 5.69 Å². The van der Waals surface area contributed by atoms with Crippen molar-refractivity contribution in [3.05, 3.63) is 95.8 Å². The molecule has 19 nitrogen and oxygen atoms in total. The number of methoxy groups -OCH3 is 1. The second kappa shape index (κ2) is 29.8. The number of fused-ring (bicyclic) bond motifs is 2. The first-order chi connectivity index (χ1) is 31.3. The molecule has 2 unspecified atom stereocenters. The fourth-order valence-electron chi connectivity index (χ4n) is 8.42. The van der Waals surface area contributed by atoms with Crippen LogP contribution in [0.25, 0.3) is 0 Å². The number of carbonyl (C=O) groups is 1. The molecule has 0 aromatic heterocycles. The van der Waals surface area contributed by atoms with Crippen LogP contribution >= 0.6 is 0 Å². The van der Waals surface area contributed by atoms with E-state index in [1.165, 1.54) is 36.4 Å². The Bertz CT molecular complexity index is 2710. The van der Waals surface area contributed by atoms with E-state index in [4.69, 9.17) is 19.3 Å². The van der Waals surface area contributed by atoms with Crippen LogP contribution < -0.4 is 93.6 Å². The second-order valence-corrected chi connectivity index (χ2v) is 22.3. The van der Waals surface area contributed by atoms with Crippen LogP contribution in [0.5, 0.6) is 0 Å². The maximum Gasteiger partial charge on any atom is 1.00 e. The fourth-order valence-corrected chi connectivity index (χ4v) is 10.4. The quantitative estimate of drug-likeness (QED) is 0.0263. The van der Waals surface area contributed by atoms with Gasteiger partial charge >= 0.3 is 94.6 Å². The van der Waals surface area contributed by atoms with E-state index in [0.717, 1.165) is 0 Å². The molecule has 0 amide bonds. The Morgan fingerprint density at radius 1 is 0.671 bits per heavy atom. The number of rotatable bonds is 29. The minimum Gasteiger partial charge on any atom is -0.748 e. The van der Waals surface area contributed by atoms with Gasteiger partial charge in [0.1, 0.15) is 26.8 Å². The molecule has 0 fully saturated rings. The topological polar surface area (TPSA) is 300 Å². The maximum atomic E-state index is 12.1. The smallest absolute Gasteiger partial charge is 0.748 e. The third kappa shape index (κ3) is 19.9. The minimum atomic E-state index is -4.89. The number of hydrogen-bond acceptors (Lipinski definition) is 17. The van der Waals surface area contributed by atoms with Gasteiger partial charge in [-0.1, -0.05) is 30.4 Å². The van der Waals surface area contributed by atoms with Gasteiger partial charge in [0.15, 0.2) is 5.71 Å². The first-order valence-electron chi connectivity index (χ1n) is 21.4. The monoisotopic (exact) mass is 1080 g/mol. The predicted molar refractivity (Wildman–Crippen MR) is 243 cm³/mol. The Morgan fingerprint density at radius 3 is 1.77 bits per heavy atom. The molecule has 0 saturated carbocycles. The summed E-state index contributed by atoms with van der Waals surface area (Å²) in [6.07, 6.45) is 13.4. The number of carboxylic acids is 1. The van der Waals surface area contributed by atoms with Crippen LogP contribution in [-0.4, -0.2) is 138 Å². The summed E-state index contributed by atoms with van der Waals surface area (Å²) in [5, 5.41) is 9.11. The molecule has 2 aliphatic heterocycles. The van der Waals surface area contributed by atoms with Crippen LogP contribution in [0.2, 0.25) is 0 Å². The number of ether oxygens (including phenoxy) is 3. The molecule has 2 atom stereocenters. The van der Waals surface area contributed by atoms with E-state index in [1.54, 1.807) is 63.5 Å². The van der Waals surface area contributed by atoms with Crippen molar-refractivity contribution in [1.29, 1.82) is 0 Å². The van der Waals surface area contributed by atoms with Crippen molar-refractivity contribution in [2.24, 2.45) is 0 Å². The van der Waals surface area contributed by atoms with Crippen LogP contribution in [0.1, 0.15) is 76.3 Å². The van der Waals surface area contributed by atoms with Gasteiger partial charge in [-0.05, 0) is 94.3 Å². The Hall–Kier alpha value is -1.14. The van der Waals surface area contributed by atoms with Crippen molar-refractivity contribution >= 4 is 63.5 Å². The van der Waals surface area contributed by atoms with Crippen LogP contribution in [0, 0.1) is 0 Å². The average Bonchev–Trinajstić information content (AvgIpc) is 3.59. The number of nitrogens with zero attached hydrogens (tertiary/aromatic N) is 2. The van der Waals surface area contributed by atoms with Gasteiger partial charge in [0, 0.05) is 72.5 Å². The molecule has 0 radical (unpaired) electrons. The van der Waals surface area contributed by atoms with E-state index in [2.05, 4.69) is 0 Å². The third-order valence-electron chi connectivity index (χ3n) is 11.6. The van der Waals surface area contributed by atoms with Gasteiger partial charge in [0.25, 0.3) is 0 Å². The summed E-state index contributed by atoms with van der Waals surface area (Å²) in [6, 6.07) is 7.90. The molecule has 2 heterocycles. The van der Waals surface area contributed by atoms with Gasteiger partial charge in [-0.25, -0.2) is 33.7 Å². The standard InChI is InChI=1S/C44H60N2O17S4.3Na/c1-43(21-12-30-64(49,50)51)36-32-34(66(55,56)57)17-19-38(36)45(23-11-7-10-16-42(47)48)40(43)14-8-5-4-6-9-15-41-44(2,22-13-31-65(52,53)54)37-33-35(67(58,59)60)18-20-39(37)46(41)24-25-62-28-29-63-27-26-61-3;;;/h4-6,8-9,14-15,17-20,32-33H,7,10-13,16,21-31H2,1-3H3,(H4-,47,48,49,50,51,52,53,54,55,56,57,58,59,60);;;/q;3*+1/p-3. The number of hydrogen-bond donors (Lipinski definition) is 1. The van der Waals surface area contributed by atoms with Gasteiger partial charge in [0.05, 0.1) is 68.5 Å². The zero-order valence-corrected chi connectivity index (χ0v) is 49.8. The molecule has 372 valence electrons. The Kier molecular flexibility index (Phi) is 28.5. The predicted octanol–water partition coefficient (Wildman–Crippen LogP) is -4.83.